The van der Waals surface area contributed by atoms with Crippen LogP contribution in [0.3, 0.4) is 0 Å². The lowest BCUT2D eigenvalue weighted by molar-refractivity contribution is 0.484. The Kier molecular flexibility index (Phi) is 2.22. The smallest absolute Gasteiger partial charge is 0.116 e. The third-order valence-corrected chi connectivity index (χ3v) is 1.61. The molecule has 0 spiro atoms. The highest BCUT2D eigenvalue weighted by Crippen LogP contribution is 2.13. The van der Waals surface area contributed by atoms with Gasteiger partial charge in [-0.2, -0.15) is 5.26 Å². The van der Waals surface area contributed by atoms with Gasteiger partial charge in [0, 0.05) is 5.56 Å². The van der Waals surface area contributed by atoms with Crippen molar-refractivity contribution in [3.8, 4) is 6.07 Å². The topological polar surface area (TPSA) is 23.8 Å². The quantitative estimate of drug-likeness (QED) is 0.601. The highest BCUT2D eigenvalue weighted by atomic mass is 19.1. The molecule has 0 aliphatic heterocycles. The molecule has 0 heterocycles. The highest BCUT2D eigenvalue weighted by Gasteiger charge is 2.02. The molecule has 0 amide bonds. The Morgan fingerprint density at radius 3 is 2.73 bits per heavy atom. The van der Waals surface area contributed by atoms with Crippen molar-refractivity contribution < 1.29 is 4.39 Å². The van der Waals surface area contributed by atoms with Crippen molar-refractivity contribution in [3.05, 3.63) is 34.9 Å². The maximum atomic E-state index is 12.2. The average Bonchev–Trinajstić information content (AvgIpc) is 2.04. The molecule has 0 unspecified atom stereocenters. The molecule has 0 N–H and O–H groups in total. The normalized spacial score (nSPS) is 9.18. The fourth-order valence-electron chi connectivity index (χ4n) is 1.000. The third-order valence-electron chi connectivity index (χ3n) is 1.61. The van der Waals surface area contributed by atoms with E-state index in [-0.39, 0.29) is 0 Å². The van der Waals surface area contributed by atoms with E-state index in [2.05, 4.69) is 0 Å². The number of aryl methyl sites for hydroxylation is 1. The van der Waals surface area contributed by atoms with Gasteiger partial charge >= 0.3 is 0 Å². The van der Waals surface area contributed by atoms with Gasteiger partial charge in [-0.3, -0.25) is 0 Å². The number of hydrogen-bond donors (Lipinski definition) is 0. The summed E-state index contributed by atoms with van der Waals surface area (Å²) in [5.74, 6) is 0. The molecule has 1 aromatic carbocycles. The van der Waals surface area contributed by atoms with E-state index in [4.69, 9.17) is 5.26 Å². The molecule has 0 aromatic heterocycles. The van der Waals surface area contributed by atoms with E-state index < -0.39 is 6.67 Å². The van der Waals surface area contributed by atoms with Crippen molar-refractivity contribution in [2.24, 2.45) is 0 Å². The molecule has 0 atom stereocenters. The molecule has 0 fully saturated rings. The van der Waals surface area contributed by atoms with Gasteiger partial charge in [0.05, 0.1) is 11.6 Å². The summed E-state index contributed by atoms with van der Waals surface area (Å²) >= 11 is 0. The van der Waals surface area contributed by atoms with Crippen molar-refractivity contribution >= 4 is 0 Å². The molecule has 1 aromatic rings. The van der Waals surface area contributed by atoms with Crippen LogP contribution in [0.25, 0.3) is 0 Å². The van der Waals surface area contributed by atoms with Crippen LogP contribution in [0.4, 0.5) is 4.39 Å². The van der Waals surface area contributed by atoms with E-state index in [1.54, 1.807) is 25.1 Å². The summed E-state index contributed by atoms with van der Waals surface area (Å²) in [5.41, 5.74) is 1.78. The molecular weight excluding hydrogens is 141 g/mol. The molecule has 0 aliphatic carbocycles. The number of benzene rings is 1. The molecule has 11 heavy (non-hydrogen) atoms. The number of nitrogens with zero attached hydrogens (tertiary/aromatic N) is 1. The fraction of sp³-hybridized carbons (Fsp3) is 0.222. The monoisotopic (exact) mass is 149 g/mol. The van der Waals surface area contributed by atoms with Gasteiger partial charge in [0.1, 0.15) is 6.67 Å². The minimum absolute atomic E-state index is 0.468. The van der Waals surface area contributed by atoms with Gasteiger partial charge in [-0.25, -0.2) is 4.39 Å². The number of nitriles is 1. The number of halogens is 1. The van der Waals surface area contributed by atoms with Crippen LogP contribution in [-0.2, 0) is 6.67 Å². The Balaban J connectivity index is 3.27. The molecule has 0 bridgehead atoms. The molecule has 1 nitrogen and oxygen atoms in total. The molecule has 0 radical (unpaired) electrons. The zero-order valence-corrected chi connectivity index (χ0v) is 6.26. The summed E-state index contributed by atoms with van der Waals surface area (Å²) in [6, 6.07) is 7.16. The molecule has 2 heteroatoms. The van der Waals surface area contributed by atoms with Crippen LogP contribution in [0.2, 0.25) is 0 Å². The van der Waals surface area contributed by atoms with Gasteiger partial charge in [0.15, 0.2) is 0 Å². The highest BCUT2D eigenvalue weighted by molar-refractivity contribution is 5.43. The van der Waals surface area contributed by atoms with Crippen molar-refractivity contribution in [1.82, 2.24) is 0 Å². The van der Waals surface area contributed by atoms with Gasteiger partial charge in [-0.15, -0.1) is 0 Å². The van der Waals surface area contributed by atoms with Gasteiger partial charge in [0.25, 0.3) is 0 Å². The summed E-state index contributed by atoms with van der Waals surface area (Å²) in [7, 11) is 0. The molecule has 0 aliphatic rings. The first-order valence-corrected chi connectivity index (χ1v) is 3.34. The number of alkyl halides is 1. The van der Waals surface area contributed by atoms with Crippen LogP contribution in [-0.4, -0.2) is 0 Å². The minimum atomic E-state index is -0.565. The first-order chi connectivity index (χ1) is 5.29. The van der Waals surface area contributed by atoms with Gasteiger partial charge in [-0.1, -0.05) is 18.2 Å². The Morgan fingerprint density at radius 1 is 1.55 bits per heavy atom. The first kappa shape index (κ1) is 7.74. The van der Waals surface area contributed by atoms with Crippen molar-refractivity contribution in [2.45, 2.75) is 13.6 Å². The summed E-state index contributed by atoms with van der Waals surface area (Å²) in [5, 5.41) is 8.61. The molecular formula is C9H8FN. The second kappa shape index (κ2) is 3.16. The van der Waals surface area contributed by atoms with E-state index in [9.17, 15) is 4.39 Å². The van der Waals surface area contributed by atoms with Gasteiger partial charge in [-0.05, 0) is 12.5 Å². The Labute approximate surface area is 65.1 Å². The molecule has 1 rings (SSSR count). The summed E-state index contributed by atoms with van der Waals surface area (Å²) in [4.78, 5) is 0. The SMILES string of the molecule is Cc1cccc(CF)c1C#N. The van der Waals surface area contributed by atoms with Gasteiger partial charge < -0.3 is 0 Å². The Morgan fingerprint density at radius 2 is 2.27 bits per heavy atom. The van der Waals surface area contributed by atoms with Crippen LogP contribution in [0.5, 0.6) is 0 Å². The lowest BCUT2D eigenvalue weighted by Gasteiger charge is -2.00. The van der Waals surface area contributed by atoms with Crippen molar-refractivity contribution in [2.75, 3.05) is 0 Å². The average molecular weight is 149 g/mol. The fourth-order valence-corrected chi connectivity index (χ4v) is 1.000. The summed E-state index contributed by atoms with van der Waals surface area (Å²) in [6.07, 6.45) is 0. The maximum Gasteiger partial charge on any atom is 0.116 e. The first-order valence-electron chi connectivity index (χ1n) is 3.34. The summed E-state index contributed by atoms with van der Waals surface area (Å²) < 4.78 is 12.2. The minimum Gasteiger partial charge on any atom is -0.246 e. The molecule has 0 saturated carbocycles. The second-order valence-corrected chi connectivity index (χ2v) is 2.35. The van der Waals surface area contributed by atoms with Crippen LogP contribution in [0, 0.1) is 18.3 Å². The van der Waals surface area contributed by atoms with Crippen molar-refractivity contribution in [3.63, 3.8) is 0 Å². The predicted octanol–water partition coefficient (Wildman–Crippen LogP) is 2.34. The largest absolute Gasteiger partial charge is 0.246 e. The second-order valence-electron chi connectivity index (χ2n) is 2.35. The summed E-state index contributed by atoms with van der Waals surface area (Å²) in [6.45, 7) is 1.24. The van der Waals surface area contributed by atoms with E-state index in [1.807, 2.05) is 6.07 Å². The number of hydrogen-bond acceptors (Lipinski definition) is 1. The Bertz CT molecular complexity index is 299. The molecule has 0 saturated heterocycles. The van der Waals surface area contributed by atoms with Crippen LogP contribution >= 0.6 is 0 Å². The Hall–Kier alpha value is -1.36. The van der Waals surface area contributed by atoms with Crippen LogP contribution < -0.4 is 0 Å². The van der Waals surface area contributed by atoms with Crippen LogP contribution in [0.15, 0.2) is 18.2 Å². The van der Waals surface area contributed by atoms with E-state index in [0.717, 1.165) is 5.56 Å². The van der Waals surface area contributed by atoms with E-state index in [1.165, 1.54) is 0 Å². The zero-order chi connectivity index (χ0) is 8.27. The number of rotatable bonds is 1. The van der Waals surface area contributed by atoms with Gasteiger partial charge in [0.2, 0.25) is 0 Å². The maximum absolute atomic E-state index is 12.2. The molecule has 56 valence electrons. The third kappa shape index (κ3) is 1.38. The van der Waals surface area contributed by atoms with Crippen molar-refractivity contribution in [1.29, 1.82) is 5.26 Å². The lowest BCUT2D eigenvalue weighted by Crippen LogP contribution is -1.89. The lowest BCUT2D eigenvalue weighted by atomic mass is 10.0. The zero-order valence-electron chi connectivity index (χ0n) is 6.26. The van der Waals surface area contributed by atoms with Crippen LogP contribution in [0.1, 0.15) is 16.7 Å². The predicted molar refractivity (Wildman–Crippen MR) is 40.7 cm³/mol. The standard InChI is InChI=1S/C9H8FN/c1-7-3-2-4-8(5-10)9(7)6-11/h2-4H,5H2,1H3. The van der Waals surface area contributed by atoms with E-state index in [0.29, 0.717) is 11.1 Å². The van der Waals surface area contributed by atoms with E-state index >= 15 is 0 Å².